The first-order valence-corrected chi connectivity index (χ1v) is 12.7. The Morgan fingerprint density at radius 2 is 1.82 bits per heavy atom. The minimum Gasteiger partial charge on any atom is -0.340 e. The molecule has 2 aliphatic rings. The average molecular weight is 481 g/mol. The van der Waals surface area contributed by atoms with Crippen LogP contribution in [-0.2, 0) is 17.8 Å². The van der Waals surface area contributed by atoms with Crippen molar-refractivity contribution in [2.45, 2.75) is 19.4 Å². The largest absolute Gasteiger partial charge is 0.340 e. The molecule has 1 aromatic carbocycles. The first-order chi connectivity index (χ1) is 16.1. The fourth-order valence-electron chi connectivity index (χ4n) is 4.35. The van der Waals surface area contributed by atoms with E-state index in [2.05, 4.69) is 27.3 Å². The number of amides is 2. The number of piperazine rings is 1. The summed E-state index contributed by atoms with van der Waals surface area (Å²) in [5.41, 5.74) is 1.90. The van der Waals surface area contributed by atoms with Crippen molar-refractivity contribution in [1.29, 1.82) is 0 Å². The first-order valence-electron chi connectivity index (χ1n) is 11.0. The maximum atomic E-state index is 13.2. The summed E-state index contributed by atoms with van der Waals surface area (Å²) in [5, 5.41) is 5.03. The number of hydrogen-bond acceptors (Lipinski definition) is 7. The van der Waals surface area contributed by atoms with Gasteiger partial charge in [0.15, 0.2) is 10.9 Å². The molecule has 0 unspecified atom stereocenters. The summed E-state index contributed by atoms with van der Waals surface area (Å²) >= 11 is 2.55. The summed E-state index contributed by atoms with van der Waals surface area (Å²) in [6, 6.07) is 13.9. The number of aromatic nitrogens is 1. The van der Waals surface area contributed by atoms with Crippen LogP contribution in [-0.4, -0.2) is 58.6 Å². The van der Waals surface area contributed by atoms with Gasteiger partial charge in [0.05, 0.1) is 21.4 Å². The molecule has 7 nitrogen and oxygen atoms in total. The van der Waals surface area contributed by atoms with Gasteiger partial charge in [-0.2, -0.15) is 0 Å². The lowest BCUT2D eigenvalue weighted by atomic mass is 9.88. The van der Waals surface area contributed by atoms with Crippen molar-refractivity contribution in [2.24, 2.45) is 5.92 Å². The van der Waals surface area contributed by atoms with Crippen LogP contribution in [0.5, 0.6) is 0 Å². The highest BCUT2D eigenvalue weighted by atomic mass is 32.1. The SMILES string of the molecule is O=C(Nc1nc2c(s1)C(=O)C[C@@H](C(=O)N1CCN(Cc3ccccc3)CC1)C2)c1cccs1. The molecule has 3 aromatic rings. The quantitative estimate of drug-likeness (QED) is 0.604. The molecule has 1 N–H and O–H groups in total. The number of carbonyl (C=O) groups is 3. The van der Waals surface area contributed by atoms with E-state index in [4.69, 9.17) is 0 Å². The smallest absolute Gasteiger partial charge is 0.267 e. The van der Waals surface area contributed by atoms with Gasteiger partial charge in [0.25, 0.3) is 5.91 Å². The standard InChI is InChI=1S/C24H24N4O3S2/c29-19-14-17(13-18-21(19)33-24(25-18)26-22(30)20-7-4-12-32-20)23(31)28-10-8-27(9-11-28)15-16-5-2-1-3-6-16/h1-7,12,17H,8-11,13-15H2,(H,25,26,30)/t17-/m0/s1. The molecule has 0 radical (unpaired) electrons. The van der Waals surface area contributed by atoms with Crippen LogP contribution in [0.15, 0.2) is 47.8 Å². The van der Waals surface area contributed by atoms with E-state index >= 15 is 0 Å². The first kappa shape index (κ1) is 21.9. The number of nitrogens with one attached hydrogen (secondary N) is 1. The minimum absolute atomic E-state index is 0.0329. The van der Waals surface area contributed by atoms with E-state index < -0.39 is 0 Å². The van der Waals surface area contributed by atoms with Crippen LogP contribution in [0.4, 0.5) is 5.13 Å². The van der Waals surface area contributed by atoms with E-state index in [9.17, 15) is 14.4 Å². The average Bonchev–Trinajstić information content (AvgIpc) is 3.50. The lowest BCUT2D eigenvalue weighted by Gasteiger charge is -2.36. The van der Waals surface area contributed by atoms with Gasteiger partial charge in [-0.1, -0.05) is 47.7 Å². The van der Waals surface area contributed by atoms with Crippen LogP contribution < -0.4 is 5.32 Å². The summed E-state index contributed by atoms with van der Waals surface area (Å²) in [5.74, 6) is -0.643. The Morgan fingerprint density at radius 3 is 2.55 bits per heavy atom. The Balaban J connectivity index is 1.19. The molecule has 2 amide bonds. The molecule has 1 fully saturated rings. The highest BCUT2D eigenvalue weighted by Crippen LogP contribution is 2.33. The topological polar surface area (TPSA) is 82.6 Å². The molecular formula is C24H24N4O3S2. The van der Waals surface area contributed by atoms with E-state index in [-0.39, 0.29) is 29.9 Å². The summed E-state index contributed by atoms with van der Waals surface area (Å²) in [7, 11) is 0. The molecule has 0 bridgehead atoms. The van der Waals surface area contributed by atoms with Gasteiger partial charge in [-0.25, -0.2) is 4.98 Å². The van der Waals surface area contributed by atoms with Gasteiger partial charge in [0, 0.05) is 45.6 Å². The van der Waals surface area contributed by atoms with E-state index in [0.29, 0.717) is 40.1 Å². The van der Waals surface area contributed by atoms with Crippen LogP contribution in [0.1, 0.15) is 37.0 Å². The van der Waals surface area contributed by atoms with Crippen LogP contribution in [0.2, 0.25) is 0 Å². The summed E-state index contributed by atoms with van der Waals surface area (Å²) < 4.78 is 0. The van der Waals surface area contributed by atoms with E-state index in [0.717, 1.165) is 19.6 Å². The van der Waals surface area contributed by atoms with Crippen molar-refractivity contribution in [3.8, 4) is 0 Å². The highest BCUT2D eigenvalue weighted by Gasteiger charge is 2.36. The lowest BCUT2D eigenvalue weighted by Crippen LogP contribution is -2.50. The van der Waals surface area contributed by atoms with Crippen molar-refractivity contribution >= 4 is 45.4 Å². The molecule has 0 saturated carbocycles. The number of ketones is 1. The second-order valence-corrected chi connectivity index (χ2v) is 10.3. The third-order valence-electron chi connectivity index (χ3n) is 6.07. The zero-order chi connectivity index (χ0) is 22.8. The number of anilines is 1. The van der Waals surface area contributed by atoms with Gasteiger partial charge in [-0.15, -0.1) is 11.3 Å². The number of benzene rings is 1. The molecular weight excluding hydrogens is 456 g/mol. The van der Waals surface area contributed by atoms with E-state index in [1.807, 2.05) is 34.5 Å². The van der Waals surface area contributed by atoms with E-state index in [1.54, 1.807) is 6.07 Å². The molecule has 170 valence electrons. The number of fused-ring (bicyclic) bond motifs is 1. The fraction of sp³-hybridized carbons (Fsp3) is 0.333. The summed E-state index contributed by atoms with van der Waals surface area (Å²) in [6.07, 6.45) is 0.645. The van der Waals surface area contributed by atoms with Gasteiger partial charge in [0.1, 0.15) is 0 Å². The Labute approximate surface area is 200 Å². The van der Waals surface area contributed by atoms with Gasteiger partial charge in [0.2, 0.25) is 5.91 Å². The monoisotopic (exact) mass is 480 g/mol. The molecule has 33 heavy (non-hydrogen) atoms. The normalized spacial score (nSPS) is 18.7. The molecule has 3 heterocycles. The highest BCUT2D eigenvalue weighted by molar-refractivity contribution is 7.18. The number of rotatable bonds is 5. The molecule has 1 atom stereocenters. The second kappa shape index (κ2) is 9.54. The van der Waals surface area contributed by atoms with Gasteiger partial charge in [-0.05, 0) is 17.0 Å². The summed E-state index contributed by atoms with van der Waals surface area (Å²) in [6.45, 7) is 3.86. The van der Waals surface area contributed by atoms with Crippen molar-refractivity contribution in [2.75, 3.05) is 31.5 Å². The molecule has 1 saturated heterocycles. The molecule has 1 aliphatic carbocycles. The minimum atomic E-state index is -0.381. The second-order valence-electron chi connectivity index (χ2n) is 8.34. The van der Waals surface area contributed by atoms with Gasteiger partial charge < -0.3 is 4.90 Å². The molecule has 1 aliphatic heterocycles. The molecule has 9 heteroatoms. The van der Waals surface area contributed by atoms with E-state index in [1.165, 1.54) is 28.2 Å². The molecule has 0 spiro atoms. The molecule has 2 aromatic heterocycles. The van der Waals surface area contributed by atoms with Crippen molar-refractivity contribution in [3.05, 3.63) is 68.9 Å². The van der Waals surface area contributed by atoms with Crippen LogP contribution in [0, 0.1) is 5.92 Å². The van der Waals surface area contributed by atoms with Crippen molar-refractivity contribution in [3.63, 3.8) is 0 Å². The van der Waals surface area contributed by atoms with Crippen LogP contribution in [0.25, 0.3) is 0 Å². The lowest BCUT2D eigenvalue weighted by molar-refractivity contribution is -0.137. The number of thiophene rings is 1. The zero-order valence-corrected chi connectivity index (χ0v) is 19.7. The molecule has 5 rings (SSSR count). The van der Waals surface area contributed by atoms with Crippen molar-refractivity contribution < 1.29 is 14.4 Å². The van der Waals surface area contributed by atoms with Crippen LogP contribution >= 0.6 is 22.7 Å². The van der Waals surface area contributed by atoms with Gasteiger partial charge in [-0.3, -0.25) is 24.6 Å². The maximum Gasteiger partial charge on any atom is 0.267 e. The Hall–Kier alpha value is -2.88. The van der Waals surface area contributed by atoms with Crippen LogP contribution in [0.3, 0.4) is 0 Å². The third-order valence-corrected chi connectivity index (χ3v) is 7.99. The third kappa shape index (κ3) is 4.90. The fourth-order valence-corrected chi connectivity index (χ4v) is 5.91. The number of nitrogens with zero attached hydrogens (tertiary/aromatic N) is 3. The Kier molecular flexibility index (Phi) is 6.34. The predicted molar refractivity (Wildman–Crippen MR) is 129 cm³/mol. The number of Topliss-reactive ketones (excluding diaryl/α,β-unsaturated/α-hetero) is 1. The number of hydrogen-bond donors (Lipinski definition) is 1. The number of thiazole rings is 1. The van der Waals surface area contributed by atoms with Crippen molar-refractivity contribution in [1.82, 2.24) is 14.8 Å². The maximum absolute atomic E-state index is 13.2. The number of carbonyl (C=O) groups excluding carboxylic acids is 3. The van der Waals surface area contributed by atoms with Gasteiger partial charge >= 0.3 is 0 Å². The summed E-state index contributed by atoms with van der Waals surface area (Å²) in [4.78, 5) is 48.1. The Bertz CT molecular complexity index is 1150. The Morgan fingerprint density at radius 1 is 1.03 bits per heavy atom. The predicted octanol–water partition coefficient (Wildman–Crippen LogP) is 3.55. The zero-order valence-electron chi connectivity index (χ0n) is 18.0.